The zero-order valence-electron chi connectivity index (χ0n) is 20.0. The Morgan fingerprint density at radius 1 is 1.00 bits per heavy atom. The maximum absolute atomic E-state index is 12.5. The van der Waals surface area contributed by atoms with Crippen LogP contribution in [0.1, 0.15) is 34.6 Å². The number of nitrogens with zero attached hydrogens (tertiary/aromatic N) is 3. The fourth-order valence-electron chi connectivity index (χ4n) is 4.10. The van der Waals surface area contributed by atoms with E-state index in [-0.39, 0.29) is 0 Å². The number of piperidine rings is 1. The fourth-order valence-corrected chi connectivity index (χ4v) is 5.01. The molecule has 2 aliphatic rings. The number of carbonyl (C=O) groups is 3. The number of aliphatic carboxylic acids is 2. The molecule has 0 unspecified atom stereocenters. The Kier molecular flexibility index (Phi) is 10.6. The number of hydrogen-bond acceptors (Lipinski definition) is 6. The fraction of sp³-hybridized carbons (Fsp3) is 0.478. The van der Waals surface area contributed by atoms with Gasteiger partial charge in [0.1, 0.15) is 0 Å². The number of aromatic nitrogens is 1. The van der Waals surface area contributed by atoms with Gasteiger partial charge in [0.2, 0.25) is 5.91 Å². The zero-order chi connectivity index (χ0) is 28.7. The van der Waals surface area contributed by atoms with Gasteiger partial charge in [0, 0.05) is 60.3 Å². The van der Waals surface area contributed by atoms with E-state index in [0.717, 1.165) is 31.5 Å². The second-order valence-electron chi connectivity index (χ2n) is 8.43. The van der Waals surface area contributed by atoms with Gasteiger partial charge in [0.15, 0.2) is 0 Å². The number of halogens is 6. The Bertz CT molecular complexity index is 1070. The molecule has 2 atom stereocenters. The summed E-state index contributed by atoms with van der Waals surface area (Å²) in [6, 6.07) is 9.31. The van der Waals surface area contributed by atoms with Gasteiger partial charge >= 0.3 is 24.3 Å². The summed E-state index contributed by atoms with van der Waals surface area (Å²) in [5, 5.41) is 14.2. The van der Waals surface area contributed by atoms with Crippen LogP contribution in [0.3, 0.4) is 0 Å². The van der Waals surface area contributed by atoms with Gasteiger partial charge in [-0.1, -0.05) is 6.07 Å². The van der Waals surface area contributed by atoms with Crippen LogP contribution in [-0.2, 0) is 27.5 Å². The van der Waals surface area contributed by atoms with E-state index in [1.54, 1.807) is 6.20 Å². The van der Waals surface area contributed by atoms with Crippen molar-refractivity contribution in [1.29, 1.82) is 0 Å². The molecule has 0 spiro atoms. The summed E-state index contributed by atoms with van der Waals surface area (Å²) in [7, 11) is 0. The Labute approximate surface area is 217 Å². The van der Waals surface area contributed by atoms with E-state index in [0.29, 0.717) is 31.0 Å². The first-order valence-electron chi connectivity index (χ1n) is 11.2. The molecule has 2 aromatic heterocycles. The van der Waals surface area contributed by atoms with Gasteiger partial charge in [-0.05, 0) is 43.5 Å². The monoisotopic (exact) mass is 569 g/mol. The van der Waals surface area contributed by atoms with Crippen molar-refractivity contribution in [3.05, 3.63) is 52.0 Å². The minimum absolute atomic E-state index is 0.300. The number of fused-ring (bicyclic) bond motifs is 1. The first-order chi connectivity index (χ1) is 17.6. The van der Waals surface area contributed by atoms with E-state index < -0.39 is 24.3 Å². The van der Waals surface area contributed by atoms with Crippen molar-refractivity contribution in [2.24, 2.45) is 0 Å². The lowest BCUT2D eigenvalue weighted by Gasteiger charge is -2.39. The molecular weight excluding hydrogens is 544 g/mol. The van der Waals surface area contributed by atoms with Crippen LogP contribution in [-0.4, -0.2) is 73.8 Å². The second-order valence-corrected chi connectivity index (χ2v) is 9.81. The van der Waals surface area contributed by atoms with E-state index in [2.05, 4.69) is 39.9 Å². The first kappa shape index (κ1) is 31.0. The van der Waals surface area contributed by atoms with Gasteiger partial charge in [-0.15, -0.1) is 11.3 Å². The van der Waals surface area contributed by atoms with Gasteiger partial charge in [-0.3, -0.25) is 14.7 Å². The van der Waals surface area contributed by atoms with Gasteiger partial charge in [0.25, 0.3) is 0 Å². The molecule has 210 valence electrons. The number of aryl methyl sites for hydroxylation is 1. The molecule has 2 fully saturated rings. The highest BCUT2D eigenvalue weighted by molar-refractivity contribution is 7.11. The highest BCUT2D eigenvalue weighted by Gasteiger charge is 2.43. The Balaban J connectivity index is 0.000000301. The molecule has 2 saturated heterocycles. The number of rotatable bonds is 4. The van der Waals surface area contributed by atoms with E-state index in [4.69, 9.17) is 19.8 Å². The van der Waals surface area contributed by atoms with Crippen molar-refractivity contribution >= 4 is 29.2 Å². The smallest absolute Gasteiger partial charge is 0.475 e. The molecule has 4 heterocycles. The van der Waals surface area contributed by atoms with E-state index in [9.17, 15) is 31.1 Å². The number of pyridine rings is 1. The molecule has 0 aliphatic carbocycles. The van der Waals surface area contributed by atoms with Crippen LogP contribution in [0, 0.1) is 6.92 Å². The maximum Gasteiger partial charge on any atom is 0.490 e. The van der Waals surface area contributed by atoms with Gasteiger partial charge in [-0.25, -0.2) is 9.59 Å². The largest absolute Gasteiger partial charge is 0.490 e. The van der Waals surface area contributed by atoms with Crippen LogP contribution in [0.25, 0.3) is 0 Å². The molecule has 4 rings (SSSR count). The van der Waals surface area contributed by atoms with Crippen LogP contribution in [0.5, 0.6) is 0 Å². The molecular formula is C23H25F6N3O5S. The van der Waals surface area contributed by atoms with E-state index in [1.165, 1.54) is 9.75 Å². The van der Waals surface area contributed by atoms with Gasteiger partial charge in [0.05, 0.1) is 0 Å². The minimum Gasteiger partial charge on any atom is -0.475 e. The molecule has 2 aliphatic heterocycles. The van der Waals surface area contributed by atoms with E-state index in [1.807, 2.05) is 23.6 Å². The predicted molar refractivity (Wildman–Crippen MR) is 123 cm³/mol. The highest BCUT2D eigenvalue weighted by atomic mass is 32.1. The summed E-state index contributed by atoms with van der Waals surface area (Å²) in [6.45, 7) is 4.97. The minimum atomic E-state index is -5.08. The molecule has 1 amide bonds. The van der Waals surface area contributed by atoms with Gasteiger partial charge < -0.3 is 15.1 Å². The van der Waals surface area contributed by atoms with Gasteiger partial charge in [-0.2, -0.15) is 26.3 Å². The van der Waals surface area contributed by atoms with Crippen LogP contribution >= 0.6 is 11.3 Å². The quantitative estimate of drug-likeness (QED) is 0.523. The van der Waals surface area contributed by atoms with Crippen molar-refractivity contribution < 1.29 is 50.9 Å². The summed E-state index contributed by atoms with van der Waals surface area (Å²) < 4.78 is 63.5. The second kappa shape index (κ2) is 13.0. The third-order valence-corrected chi connectivity index (χ3v) is 6.70. The lowest BCUT2D eigenvalue weighted by atomic mass is 9.95. The first-order valence-corrected chi connectivity index (χ1v) is 12.0. The number of carboxylic acids is 2. The SMILES string of the molecule is Cc1ccc(CN2CC[C@H]3[C@@H]2CCC(=O)N3Cc2cccnc2)s1.O=C(O)C(F)(F)F.O=C(O)C(F)(F)F. The summed E-state index contributed by atoms with van der Waals surface area (Å²) in [4.78, 5) is 42.0. The lowest BCUT2D eigenvalue weighted by Crippen LogP contribution is -2.51. The van der Waals surface area contributed by atoms with Crippen LogP contribution in [0.4, 0.5) is 26.3 Å². The Morgan fingerprint density at radius 3 is 2.08 bits per heavy atom. The number of carbonyl (C=O) groups excluding carboxylic acids is 1. The van der Waals surface area contributed by atoms with Crippen molar-refractivity contribution in [3.8, 4) is 0 Å². The van der Waals surface area contributed by atoms with Crippen molar-refractivity contribution in [2.45, 2.75) is 63.7 Å². The van der Waals surface area contributed by atoms with Crippen LogP contribution < -0.4 is 0 Å². The number of amides is 1. The average molecular weight is 570 g/mol. The predicted octanol–water partition coefficient (Wildman–Crippen LogP) is 4.48. The normalized spacial score (nSPS) is 19.6. The number of thiophene rings is 1. The average Bonchev–Trinajstić information content (AvgIpc) is 3.42. The van der Waals surface area contributed by atoms with Crippen molar-refractivity contribution in [1.82, 2.24) is 14.8 Å². The maximum atomic E-state index is 12.5. The summed E-state index contributed by atoms with van der Waals surface area (Å²) in [5.74, 6) is -5.21. The molecule has 8 nitrogen and oxygen atoms in total. The number of hydrogen-bond donors (Lipinski definition) is 2. The van der Waals surface area contributed by atoms with Crippen molar-refractivity contribution in [2.75, 3.05) is 6.54 Å². The highest BCUT2D eigenvalue weighted by Crippen LogP contribution is 2.34. The third kappa shape index (κ3) is 9.28. The standard InChI is InChI=1S/C19H23N3OS.2C2HF3O2/c1-14-4-5-16(24-14)13-21-10-8-18-17(21)6-7-19(23)22(18)12-15-3-2-9-20-11-15;2*3-2(4,5)1(6)7/h2-5,9,11,17-18H,6-8,10,12-13H2,1H3;2*(H,6,7)/t17-,18-;;/m0../s1. The van der Waals surface area contributed by atoms with E-state index >= 15 is 0 Å². The Hall–Kier alpha value is -3.20. The molecule has 0 bridgehead atoms. The van der Waals surface area contributed by atoms with Crippen LogP contribution in [0.15, 0.2) is 36.7 Å². The summed E-state index contributed by atoms with van der Waals surface area (Å²) in [6.07, 6.45) is -3.76. The van der Waals surface area contributed by atoms with Crippen molar-refractivity contribution in [3.63, 3.8) is 0 Å². The summed E-state index contributed by atoms with van der Waals surface area (Å²) >= 11 is 1.89. The number of likely N-dealkylation sites (tertiary alicyclic amines) is 2. The summed E-state index contributed by atoms with van der Waals surface area (Å²) in [5.41, 5.74) is 1.12. The molecule has 2 N–H and O–H groups in total. The number of alkyl halides is 6. The molecule has 0 aromatic carbocycles. The lowest BCUT2D eigenvalue weighted by molar-refractivity contribution is -0.193. The molecule has 38 heavy (non-hydrogen) atoms. The zero-order valence-corrected chi connectivity index (χ0v) is 20.8. The third-order valence-electron chi connectivity index (χ3n) is 5.72. The topological polar surface area (TPSA) is 111 Å². The molecule has 0 radical (unpaired) electrons. The molecule has 0 saturated carbocycles. The molecule has 2 aromatic rings. The Morgan fingerprint density at radius 2 is 1.61 bits per heavy atom. The number of carboxylic acid groups (broad SMARTS) is 2. The van der Waals surface area contributed by atoms with Crippen LogP contribution in [0.2, 0.25) is 0 Å². The molecule has 15 heteroatoms.